The molecule has 1 heterocycles. The molecule has 0 aliphatic carbocycles. The average molecular weight is 169 g/mol. The Balaban J connectivity index is 2.47. The van der Waals surface area contributed by atoms with Crippen LogP contribution in [0.3, 0.4) is 0 Å². The number of hydrogen-bond donors (Lipinski definition) is 1. The van der Waals surface area contributed by atoms with Gasteiger partial charge in [-0.1, -0.05) is 6.42 Å². The minimum Gasteiger partial charge on any atom is -0.437 e. The number of carbonyl (C=O) groups is 1. The second kappa shape index (κ2) is 4.62. The van der Waals surface area contributed by atoms with Gasteiger partial charge in [0.1, 0.15) is 6.29 Å². The van der Waals surface area contributed by atoms with Gasteiger partial charge in [-0.15, -0.1) is 0 Å². The van der Waals surface area contributed by atoms with Gasteiger partial charge in [0.15, 0.2) is 0 Å². The third-order valence-electron chi connectivity index (χ3n) is 2.52. The van der Waals surface area contributed by atoms with Gasteiger partial charge in [-0.05, 0) is 26.2 Å². The first-order chi connectivity index (χ1) is 5.75. The van der Waals surface area contributed by atoms with E-state index >= 15 is 0 Å². The van der Waals surface area contributed by atoms with Crippen molar-refractivity contribution in [2.45, 2.75) is 38.5 Å². The molecule has 0 aromatic heterocycles. The molecule has 0 aromatic carbocycles. The van der Waals surface area contributed by atoms with E-state index in [0.29, 0.717) is 6.42 Å². The first-order valence-corrected chi connectivity index (χ1v) is 4.63. The number of nitrogens with zero attached hydrogens (tertiary/aromatic N) is 1. The second-order valence-corrected chi connectivity index (χ2v) is 3.42. The molecule has 0 amide bonds. The number of carbonyl (C=O) groups excluding carboxylic acids is 1. The fourth-order valence-electron chi connectivity index (χ4n) is 1.88. The van der Waals surface area contributed by atoms with Crippen molar-refractivity contribution in [3.63, 3.8) is 0 Å². The molecular weight excluding hydrogens is 153 g/mol. The minimum atomic E-state index is -0.407. The summed E-state index contributed by atoms with van der Waals surface area (Å²) < 4.78 is 0. The molecule has 0 spiro atoms. The molecule has 1 unspecified atom stereocenters. The van der Waals surface area contributed by atoms with Crippen LogP contribution in [0.1, 0.15) is 25.7 Å². The normalized spacial score (nSPS) is 25.3. The molecule has 1 aliphatic heterocycles. The maximum absolute atomic E-state index is 10.3. The van der Waals surface area contributed by atoms with E-state index in [1.165, 1.54) is 6.42 Å². The van der Waals surface area contributed by atoms with Crippen molar-refractivity contribution < 1.29 is 9.82 Å². The second-order valence-electron chi connectivity index (χ2n) is 3.42. The van der Waals surface area contributed by atoms with Crippen molar-refractivity contribution in [3.05, 3.63) is 0 Å². The molecule has 1 aliphatic rings. The van der Waals surface area contributed by atoms with Crippen LogP contribution in [-0.4, -0.2) is 35.8 Å². The van der Waals surface area contributed by atoms with Gasteiger partial charge in [-0.3, -0.25) is 0 Å². The zero-order valence-electron chi connectivity index (χ0n) is 7.57. The van der Waals surface area contributed by atoms with Crippen molar-refractivity contribution >= 4 is 13.3 Å². The lowest BCUT2D eigenvalue weighted by molar-refractivity contribution is -0.108. The first-order valence-electron chi connectivity index (χ1n) is 4.63. The van der Waals surface area contributed by atoms with Crippen molar-refractivity contribution in [1.29, 1.82) is 0 Å². The summed E-state index contributed by atoms with van der Waals surface area (Å²) in [5.74, 6) is 0. The third-order valence-corrected chi connectivity index (χ3v) is 2.52. The molecule has 4 heteroatoms. The molecule has 0 saturated carbocycles. The van der Waals surface area contributed by atoms with Gasteiger partial charge < -0.3 is 14.6 Å². The summed E-state index contributed by atoms with van der Waals surface area (Å²) in [6.07, 6.45) is 4.88. The highest BCUT2D eigenvalue weighted by atomic mass is 16.2. The summed E-state index contributed by atoms with van der Waals surface area (Å²) in [4.78, 5) is 12.3. The smallest absolute Gasteiger partial charge is 0.376 e. The summed E-state index contributed by atoms with van der Waals surface area (Å²) in [5, 5.41) is 9.38. The Hall–Kier alpha value is -0.345. The monoisotopic (exact) mass is 169 g/mol. The fourth-order valence-corrected chi connectivity index (χ4v) is 1.88. The summed E-state index contributed by atoms with van der Waals surface area (Å²) in [6.45, 7) is 2.69. The van der Waals surface area contributed by atoms with Crippen LogP contribution < -0.4 is 0 Å². The Morgan fingerprint density at radius 3 is 3.00 bits per heavy atom. The summed E-state index contributed by atoms with van der Waals surface area (Å²) in [7, 11) is -0.407. The minimum absolute atomic E-state index is 0.274. The molecule has 1 atom stereocenters. The standard InChI is InChI=1S/C8H16BNO2/c1-9(12)10-6-3-2-4-8(10)5-7-11/h7-8,12H,2-6H2,1H3. The molecule has 3 nitrogen and oxygen atoms in total. The molecule has 0 bridgehead atoms. The Bertz CT molecular complexity index is 152. The lowest BCUT2D eigenvalue weighted by atomic mass is 9.79. The van der Waals surface area contributed by atoms with E-state index in [4.69, 9.17) is 0 Å². The van der Waals surface area contributed by atoms with Crippen molar-refractivity contribution in [2.75, 3.05) is 6.54 Å². The van der Waals surface area contributed by atoms with E-state index in [9.17, 15) is 9.82 Å². The Morgan fingerprint density at radius 1 is 1.67 bits per heavy atom. The SMILES string of the molecule is CB(O)N1CCCCC1CC=O. The molecule has 68 valence electrons. The third kappa shape index (κ3) is 2.32. The topological polar surface area (TPSA) is 40.5 Å². The average Bonchev–Trinajstić information content (AvgIpc) is 2.05. The van der Waals surface area contributed by atoms with Gasteiger partial charge in [0.2, 0.25) is 0 Å². The first kappa shape index (κ1) is 9.74. The summed E-state index contributed by atoms with van der Waals surface area (Å²) in [5.41, 5.74) is 0. The van der Waals surface area contributed by atoms with Crippen LogP contribution in [-0.2, 0) is 4.79 Å². The molecule has 1 saturated heterocycles. The fraction of sp³-hybridized carbons (Fsp3) is 0.875. The van der Waals surface area contributed by atoms with Crippen LogP contribution in [0.2, 0.25) is 6.82 Å². The van der Waals surface area contributed by atoms with Gasteiger partial charge in [-0.2, -0.15) is 0 Å². The van der Waals surface area contributed by atoms with Crippen LogP contribution in [0.15, 0.2) is 0 Å². The van der Waals surface area contributed by atoms with E-state index < -0.39 is 7.05 Å². The lowest BCUT2D eigenvalue weighted by Gasteiger charge is -2.35. The van der Waals surface area contributed by atoms with E-state index in [1.807, 2.05) is 4.81 Å². The van der Waals surface area contributed by atoms with Gasteiger partial charge in [0, 0.05) is 12.5 Å². The van der Waals surface area contributed by atoms with Crippen LogP contribution in [0, 0.1) is 0 Å². The predicted octanol–water partition coefficient (Wildman–Crippen LogP) is 0.540. The summed E-state index contributed by atoms with van der Waals surface area (Å²) >= 11 is 0. The van der Waals surface area contributed by atoms with E-state index in [2.05, 4.69) is 0 Å². The highest BCUT2D eigenvalue weighted by molar-refractivity contribution is 6.45. The van der Waals surface area contributed by atoms with Gasteiger partial charge in [-0.25, -0.2) is 0 Å². The molecule has 1 rings (SSSR count). The Morgan fingerprint density at radius 2 is 2.42 bits per heavy atom. The highest BCUT2D eigenvalue weighted by Gasteiger charge is 2.27. The van der Waals surface area contributed by atoms with Crippen LogP contribution in [0.25, 0.3) is 0 Å². The molecular formula is C8H16BNO2. The zero-order chi connectivity index (χ0) is 8.97. The quantitative estimate of drug-likeness (QED) is 0.495. The van der Waals surface area contributed by atoms with E-state index in [1.54, 1.807) is 6.82 Å². The number of rotatable bonds is 3. The molecule has 1 N–H and O–H groups in total. The Labute approximate surface area is 73.9 Å². The number of aldehydes is 1. The largest absolute Gasteiger partial charge is 0.437 e. The maximum Gasteiger partial charge on any atom is 0.376 e. The van der Waals surface area contributed by atoms with Crippen molar-refractivity contribution in [3.8, 4) is 0 Å². The Kier molecular flexibility index (Phi) is 3.75. The van der Waals surface area contributed by atoms with Crippen molar-refractivity contribution in [1.82, 2.24) is 4.81 Å². The molecule has 0 radical (unpaired) electrons. The van der Waals surface area contributed by atoms with Crippen LogP contribution in [0.5, 0.6) is 0 Å². The van der Waals surface area contributed by atoms with Gasteiger partial charge in [0.25, 0.3) is 0 Å². The van der Waals surface area contributed by atoms with Crippen LogP contribution >= 0.6 is 0 Å². The number of hydrogen-bond acceptors (Lipinski definition) is 3. The van der Waals surface area contributed by atoms with E-state index in [0.717, 1.165) is 25.7 Å². The van der Waals surface area contributed by atoms with Gasteiger partial charge >= 0.3 is 7.05 Å². The van der Waals surface area contributed by atoms with Crippen molar-refractivity contribution in [2.24, 2.45) is 0 Å². The summed E-state index contributed by atoms with van der Waals surface area (Å²) in [6, 6.07) is 0.274. The zero-order valence-corrected chi connectivity index (χ0v) is 7.57. The maximum atomic E-state index is 10.3. The molecule has 12 heavy (non-hydrogen) atoms. The van der Waals surface area contributed by atoms with E-state index in [-0.39, 0.29) is 6.04 Å². The van der Waals surface area contributed by atoms with Crippen LogP contribution in [0.4, 0.5) is 0 Å². The molecule has 1 fully saturated rings. The molecule has 0 aromatic rings. The highest BCUT2D eigenvalue weighted by Crippen LogP contribution is 2.19. The number of piperidine rings is 1. The lowest BCUT2D eigenvalue weighted by Crippen LogP contribution is -2.47. The predicted molar refractivity (Wildman–Crippen MR) is 48.9 cm³/mol. The van der Waals surface area contributed by atoms with Gasteiger partial charge in [0.05, 0.1) is 0 Å².